The Morgan fingerprint density at radius 3 is 1.20 bits per heavy atom. The Bertz CT molecular complexity index is 11.6. The SMILES string of the molecule is [B]=O.[Fe].[O]=[AlH]. The predicted octanol–water partition coefficient (Wildman–Crippen LogP) is -1.27. The molecule has 0 aliphatic rings. The Balaban J connectivity index is -0.0000000133. The molecule has 0 spiro atoms. The van der Waals surface area contributed by atoms with Crippen LogP contribution in [0.1, 0.15) is 0 Å². The van der Waals surface area contributed by atoms with Gasteiger partial charge in [0, 0.05) is 17.1 Å². The van der Waals surface area contributed by atoms with Crippen molar-refractivity contribution in [2.45, 2.75) is 0 Å². The normalized spacial score (nSPS) is 1.20. The maximum absolute atomic E-state index is 8.28. The fourth-order valence-corrected chi connectivity index (χ4v) is 0. The molecule has 0 saturated carbocycles. The summed E-state index contributed by atoms with van der Waals surface area (Å²) in [4.78, 5) is 0. The first-order chi connectivity index (χ1) is 2.00. The van der Waals surface area contributed by atoms with Gasteiger partial charge in [-0.25, -0.2) is 0 Å². The first-order valence-electron chi connectivity index (χ1n) is 0.524. The van der Waals surface area contributed by atoms with Crippen LogP contribution < -0.4 is 0 Å². The van der Waals surface area contributed by atoms with Crippen molar-refractivity contribution < 1.29 is 25.6 Å². The number of rotatable bonds is 0. The van der Waals surface area contributed by atoms with Crippen molar-refractivity contribution in [1.29, 1.82) is 0 Å². The van der Waals surface area contributed by atoms with Crippen LogP contribution in [0, 0.1) is 0 Å². The van der Waals surface area contributed by atoms with E-state index in [1.807, 2.05) is 0 Å². The Morgan fingerprint density at radius 2 is 1.20 bits per heavy atom. The van der Waals surface area contributed by atoms with Gasteiger partial charge in [0.05, 0.1) is 0 Å². The molecule has 0 aromatic rings. The van der Waals surface area contributed by atoms with Crippen molar-refractivity contribution in [1.82, 2.24) is 0 Å². The van der Waals surface area contributed by atoms with E-state index in [4.69, 9.17) is 8.51 Å². The number of hydrogen-bond acceptors (Lipinski definition) is 2. The molecule has 0 aromatic carbocycles. The van der Waals surface area contributed by atoms with Crippen LogP contribution in [0.4, 0.5) is 0 Å². The van der Waals surface area contributed by atoms with E-state index >= 15 is 0 Å². The molecule has 0 saturated heterocycles. The quantitative estimate of drug-likeness (QED) is 0.380. The molecule has 1 radical (unpaired) electrons. The van der Waals surface area contributed by atoms with Gasteiger partial charge in [0.25, 0.3) is 0 Å². The molecular formula is HAlBFeO2. The first kappa shape index (κ1) is 17.2. The summed E-state index contributed by atoms with van der Waals surface area (Å²) in [6.07, 6.45) is 0. The fourth-order valence-electron chi connectivity index (χ4n) is 0. The zero-order chi connectivity index (χ0) is 4.00. The topological polar surface area (TPSA) is 34.1 Å². The molecule has 0 aliphatic carbocycles. The van der Waals surface area contributed by atoms with Crippen LogP contribution in [-0.2, 0) is 25.6 Å². The molecule has 0 aromatic heterocycles. The van der Waals surface area contributed by atoms with E-state index < -0.39 is 0 Å². The summed E-state index contributed by atoms with van der Waals surface area (Å²) in [6, 6.07) is 0. The third-order valence-corrected chi connectivity index (χ3v) is 0. The molecule has 0 fully saturated rings. The van der Waals surface area contributed by atoms with Crippen LogP contribution in [0.25, 0.3) is 0 Å². The molecule has 0 bridgehead atoms. The van der Waals surface area contributed by atoms with Crippen LogP contribution in [0.2, 0.25) is 0 Å². The first-order valence-corrected chi connectivity index (χ1v) is 1.10. The molecular weight excluding hydrogens is 126 g/mol. The molecule has 0 rings (SSSR count). The molecule has 0 aliphatic heterocycles. The summed E-state index contributed by atoms with van der Waals surface area (Å²) in [5, 5.41) is 0. The van der Waals surface area contributed by atoms with Crippen LogP contribution in [0.15, 0.2) is 0 Å². The van der Waals surface area contributed by atoms with Crippen LogP contribution in [-0.4, -0.2) is 23.9 Å². The maximum atomic E-state index is 8.28. The van der Waals surface area contributed by atoms with E-state index in [9.17, 15) is 0 Å². The van der Waals surface area contributed by atoms with Gasteiger partial charge < -0.3 is 0 Å². The van der Waals surface area contributed by atoms with Gasteiger partial charge in [0.1, 0.15) is 0 Å². The molecule has 2 nitrogen and oxygen atoms in total. The molecule has 5 heavy (non-hydrogen) atoms. The van der Waals surface area contributed by atoms with Gasteiger partial charge in [-0.2, -0.15) is 0 Å². The van der Waals surface area contributed by atoms with Crippen molar-refractivity contribution in [3.8, 4) is 0 Å². The van der Waals surface area contributed by atoms with Gasteiger partial charge in [-0.3, -0.25) is 0 Å². The Labute approximate surface area is 49.8 Å². The Hall–Kier alpha value is 0.717. The summed E-state index contributed by atoms with van der Waals surface area (Å²) in [7, 11) is 3.25. The molecule has 0 heterocycles. The third kappa shape index (κ3) is 67.7. The van der Waals surface area contributed by atoms with Crippen LogP contribution in [0.3, 0.4) is 0 Å². The molecule has 0 atom stereocenters. The van der Waals surface area contributed by atoms with Gasteiger partial charge >= 0.3 is 32.4 Å². The summed E-state index contributed by atoms with van der Waals surface area (Å²) in [6.45, 7) is 0. The van der Waals surface area contributed by atoms with Crippen molar-refractivity contribution in [3.63, 3.8) is 0 Å². The van der Waals surface area contributed by atoms with Crippen LogP contribution in [0.5, 0.6) is 0 Å². The van der Waals surface area contributed by atoms with Gasteiger partial charge in [0.2, 0.25) is 0 Å². The minimum atomic E-state index is 0. The van der Waals surface area contributed by atoms with E-state index in [1.165, 1.54) is 0 Å². The molecule has 0 unspecified atom stereocenters. The van der Waals surface area contributed by atoms with Crippen molar-refractivity contribution in [3.05, 3.63) is 0 Å². The monoisotopic (exact) mass is 127 g/mol. The average Bonchev–Trinajstić information content (AvgIpc) is 1.50. The van der Waals surface area contributed by atoms with Crippen molar-refractivity contribution in [2.24, 2.45) is 0 Å². The Morgan fingerprint density at radius 1 is 1.20 bits per heavy atom. The summed E-state index contributed by atoms with van der Waals surface area (Å²) in [5.41, 5.74) is 0. The molecule has 0 amide bonds. The van der Waals surface area contributed by atoms with E-state index in [2.05, 4.69) is 7.72 Å². The predicted molar refractivity (Wildman–Crippen MR) is 14.3 cm³/mol. The molecule has 27 valence electrons. The summed E-state index contributed by atoms with van der Waals surface area (Å²) >= 11 is 0.611. The van der Waals surface area contributed by atoms with Crippen molar-refractivity contribution in [2.75, 3.05) is 0 Å². The van der Waals surface area contributed by atoms with Gasteiger partial charge in [-0.05, 0) is 0 Å². The summed E-state index contributed by atoms with van der Waals surface area (Å²) < 4.78 is 16.0. The van der Waals surface area contributed by atoms with E-state index in [1.54, 1.807) is 0 Å². The minimum absolute atomic E-state index is 0. The summed E-state index contributed by atoms with van der Waals surface area (Å²) in [5.74, 6) is 0. The fraction of sp³-hybridized carbons (Fsp3) is 0. The standard InChI is InChI=1S/Al.BO.Fe.O.H/c;1-2;;;. The van der Waals surface area contributed by atoms with Gasteiger partial charge in [-0.15, -0.1) is 0 Å². The zero-order valence-corrected chi connectivity index (χ0v) is 4.97. The third-order valence-electron chi connectivity index (χ3n) is 0. The second-order valence-corrected chi connectivity index (χ2v) is 0. The second kappa shape index (κ2) is 127. The molecule has 5 heteroatoms. The van der Waals surface area contributed by atoms with E-state index in [0.29, 0.717) is 16.2 Å². The van der Waals surface area contributed by atoms with E-state index in [0.717, 1.165) is 0 Å². The molecule has 0 N–H and O–H groups in total. The number of hydrogen-bond donors (Lipinski definition) is 0. The van der Waals surface area contributed by atoms with E-state index in [-0.39, 0.29) is 17.1 Å². The van der Waals surface area contributed by atoms with Gasteiger partial charge in [0.15, 0.2) is 0 Å². The van der Waals surface area contributed by atoms with Gasteiger partial charge in [-0.1, -0.05) is 0 Å². The van der Waals surface area contributed by atoms with Crippen LogP contribution >= 0.6 is 0 Å². The average molecular weight is 127 g/mol. The second-order valence-electron chi connectivity index (χ2n) is 0. The Kier molecular flexibility index (Phi) is 437. The van der Waals surface area contributed by atoms with Crippen molar-refractivity contribution >= 4 is 23.9 Å². The zero-order valence-electron chi connectivity index (χ0n) is 2.45.